The number of hydrogen-bond acceptors (Lipinski definition) is 2. The number of hydrogen-bond donors (Lipinski definition) is 3. The maximum Gasteiger partial charge on any atom is 0.320 e. The number of aromatic amines is 1. The van der Waals surface area contributed by atoms with E-state index in [1.807, 2.05) is 12.3 Å². The maximum atomic E-state index is 11.0. The fraction of sp³-hybridized carbons (Fsp3) is 0.353. The standard InChI is InChI=1S/C17H22N2O2/c1-10(2)4-6-13-11(3)5-7-15-16(13)12(9-19-15)8-14(18)17(20)21/h4-5,7,9,14,19H,6,8,18H2,1-3H3,(H,20,21)/t14-/m0/s1. The zero-order valence-electron chi connectivity index (χ0n) is 12.7. The van der Waals surface area contributed by atoms with Gasteiger partial charge in [0, 0.05) is 23.5 Å². The van der Waals surface area contributed by atoms with Crippen molar-refractivity contribution in [2.45, 2.75) is 39.7 Å². The lowest BCUT2D eigenvalue weighted by atomic mass is 9.95. The van der Waals surface area contributed by atoms with Crippen molar-refractivity contribution in [2.75, 3.05) is 0 Å². The number of fused-ring (bicyclic) bond motifs is 1. The average Bonchev–Trinajstić information content (AvgIpc) is 2.80. The highest BCUT2D eigenvalue weighted by molar-refractivity contribution is 5.88. The lowest BCUT2D eigenvalue weighted by Gasteiger charge is -2.10. The molecule has 1 aromatic heterocycles. The molecule has 0 fully saturated rings. The van der Waals surface area contributed by atoms with E-state index in [1.54, 1.807) is 0 Å². The number of carboxylic acid groups (broad SMARTS) is 1. The minimum absolute atomic E-state index is 0.334. The van der Waals surface area contributed by atoms with Crippen molar-refractivity contribution in [3.05, 3.63) is 46.7 Å². The molecule has 112 valence electrons. The number of nitrogens with one attached hydrogen (secondary N) is 1. The van der Waals surface area contributed by atoms with Gasteiger partial charge in [0.15, 0.2) is 0 Å². The molecule has 0 aliphatic heterocycles. The summed E-state index contributed by atoms with van der Waals surface area (Å²) in [4.78, 5) is 14.2. The van der Waals surface area contributed by atoms with Crippen molar-refractivity contribution in [2.24, 2.45) is 5.73 Å². The van der Waals surface area contributed by atoms with Crippen LogP contribution in [0.2, 0.25) is 0 Å². The second-order valence-electron chi connectivity index (χ2n) is 5.73. The van der Waals surface area contributed by atoms with Crippen LogP contribution in [-0.4, -0.2) is 22.1 Å². The molecule has 1 heterocycles. The molecule has 0 bridgehead atoms. The smallest absolute Gasteiger partial charge is 0.320 e. The van der Waals surface area contributed by atoms with Gasteiger partial charge in [0.25, 0.3) is 0 Å². The third kappa shape index (κ3) is 3.34. The van der Waals surface area contributed by atoms with Crippen LogP contribution in [0.15, 0.2) is 30.0 Å². The summed E-state index contributed by atoms with van der Waals surface area (Å²) >= 11 is 0. The quantitative estimate of drug-likeness (QED) is 0.739. The summed E-state index contributed by atoms with van der Waals surface area (Å²) in [5.74, 6) is -0.970. The van der Waals surface area contributed by atoms with Gasteiger partial charge in [-0.15, -0.1) is 0 Å². The third-order valence-corrected chi connectivity index (χ3v) is 3.74. The van der Waals surface area contributed by atoms with Gasteiger partial charge in [0.1, 0.15) is 6.04 Å². The van der Waals surface area contributed by atoms with E-state index in [0.29, 0.717) is 6.42 Å². The van der Waals surface area contributed by atoms with E-state index in [-0.39, 0.29) is 0 Å². The molecule has 0 radical (unpaired) electrons. The lowest BCUT2D eigenvalue weighted by molar-refractivity contribution is -0.138. The van der Waals surface area contributed by atoms with E-state index in [9.17, 15) is 4.79 Å². The first kappa shape index (κ1) is 15.3. The molecular formula is C17H22N2O2. The number of carbonyl (C=O) groups is 1. The predicted octanol–water partition coefficient (Wildman–Crippen LogP) is 2.94. The van der Waals surface area contributed by atoms with Gasteiger partial charge >= 0.3 is 5.97 Å². The molecule has 2 aromatic rings. The molecule has 0 aliphatic rings. The predicted molar refractivity (Wildman–Crippen MR) is 85.5 cm³/mol. The highest BCUT2D eigenvalue weighted by Crippen LogP contribution is 2.27. The van der Waals surface area contributed by atoms with Gasteiger partial charge < -0.3 is 15.8 Å². The largest absolute Gasteiger partial charge is 0.480 e. The number of benzene rings is 1. The molecule has 1 aromatic carbocycles. The molecule has 0 spiro atoms. The Bertz CT molecular complexity index is 694. The first-order chi connectivity index (χ1) is 9.90. The molecule has 1 atom stereocenters. The minimum Gasteiger partial charge on any atom is -0.480 e. The molecule has 2 rings (SSSR count). The van der Waals surface area contributed by atoms with Gasteiger partial charge in [-0.1, -0.05) is 17.7 Å². The van der Waals surface area contributed by atoms with Crippen molar-refractivity contribution < 1.29 is 9.90 Å². The highest BCUT2D eigenvalue weighted by Gasteiger charge is 2.17. The third-order valence-electron chi connectivity index (χ3n) is 3.74. The summed E-state index contributed by atoms with van der Waals surface area (Å²) in [6, 6.07) is 3.25. The Morgan fingerprint density at radius 2 is 2.14 bits per heavy atom. The summed E-state index contributed by atoms with van der Waals surface area (Å²) in [6.07, 6.45) is 5.24. The van der Waals surface area contributed by atoms with Gasteiger partial charge in [-0.2, -0.15) is 0 Å². The number of H-pyrrole nitrogens is 1. The lowest BCUT2D eigenvalue weighted by Crippen LogP contribution is -2.32. The summed E-state index contributed by atoms with van der Waals surface area (Å²) in [6.45, 7) is 6.24. The van der Waals surface area contributed by atoms with Gasteiger partial charge in [0.05, 0.1) is 0 Å². The zero-order chi connectivity index (χ0) is 15.6. The summed E-state index contributed by atoms with van der Waals surface area (Å²) in [5, 5.41) is 10.1. The van der Waals surface area contributed by atoms with E-state index >= 15 is 0 Å². The second-order valence-corrected chi connectivity index (χ2v) is 5.73. The number of allylic oxidation sites excluding steroid dienone is 2. The van der Waals surface area contributed by atoms with Crippen LogP contribution in [-0.2, 0) is 17.6 Å². The Kier molecular flexibility index (Phi) is 4.48. The van der Waals surface area contributed by atoms with Crippen LogP contribution < -0.4 is 5.73 Å². The zero-order valence-corrected chi connectivity index (χ0v) is 12.7. The van der Waals surface area contributed by atoms with Crippen LogP contribution in [0.25, 0.3) is 10.9 Å². The Morgan fingerprint density at radius 3 is 2.76 bits per heavy atom. The molecule has 0 unspecified atom stereocenters. The normalized spacial score (nSPS) is 12.4. The molecule has 4 heteroatoms. The number of aromatic nitrogens is 1. The van der Waals surface area contributed by atoms with Gasteiger partial charge in [0.2, 0.25) is 0 Å². The molecular weight excluding hydrogens is 264 g/mol. The molecule has 0 saturated carbocycles. The van der Waals surface area contributed by atoms with E-state index in [4.69, 9.17) is 10.8 Å². The Morgan fingerprint density at radius 1 is 1.43 bits per heavy atom. The van der Waals surface area contributed by atoms with E-state index in [2.05, 4.69) is 37.9 Å². The number of carboxylic acids is 1. The van der Waals surface area contributed by atoms with Crippen LogP contribution in [0.3, 0.4) is 0 Å². The summed E-state index contributed by atoms with van der Waals surface area (Å²) in [5.41, 5.74) is 11.4. The monoisotopic (exact) mass is 286 g/mol. The van der Waals surface area contributed by atoms with Crippen LogP contribution in [0.5, 0.6) is 0 Å². The Hall–Kier alpha value is -2.07. The Balaban J connectivity index is 2.50. The van der Waals surface area contributed by atoms with Crippen molar-refractivity contribution in [1.82, 2.24) is 4.98 Å². The van der Waals surface area contributed by atoms with Crippen molar-refractivity contribution in [1.29, 1.82) is 0 Å². The van der Waals surface area contributed by atoms with Crippen molar-refractivity contribution in [3.8, 4) is 0 Å². The number of nitrogens with two attached hydrogens (primary N) is 1. The second kappa shape index (κ2) is 6.14. The first-order valence-electron chi connectivity index (χ1n) is 7.10. The van der Waals surface area contributed by atoms with Crippen LogP contribution in [0.1, 0.15) is 30.5 Å². The molecule has 21 heavy (non-hydrogen) atoms. The van der Waals surface area contributed by atoms with Gasteiger partial charge in [-0.05, 0) is 49.9 Å². The number of rotatable bonds is 5. The highest BCUT2D eigenvalue weighted by atomic mass is 16.4. The van der Waals surface area contributed by atoms with E-state index in [1.165, 1.54) is 16.7 Å². The Labute approximate surface area is 124 Å². The van der Waals surface area contributed by atoms with E-state index < -0.39 is 12.0 Å². The summed E-state index contributed by atoms with van der Waals surface area (Å²) in [7, 11) is 0. The van der Waals surface area contributed by atoms with Crippen LogP contribution in [0.4, 0.5) is 0 Å². The molecule has 4 nitrogen and oxygen atoms in total. The van der Waals surface area contributed by atoms with Crippen molar-refractivity contribution >= 4 is 16.9 Å². The van der Waals surface area contributed by atoms with Crippen molar-refractivity contribution in [3.63, 3.8) is 0 Å². The van der Waals surface area contributed by atoms with Gasteiger partial charge in [-0.3, -0.25) is 4.79 Å². The number of aryl methyl sites for hydroxylation is 1. The summed E-state index contributed by atoms with van der Waals surface area (Å²) < 4.78 is 0. The average molecular weight is 286 g/mol. The number of aliphatic carboxylic acids is 1. The molecule has 4 N–H and O–H groups in total. The molecule has 0 amide bonds. The van der Waals surface area contributed by atoms with E-state index in [0.717, 1.165) is 22.9 Å². The molecule has 0 aliphatic carbocycles. The van der Waals surface area contributed by atoms with Crippen LogP contribution in [0, 0.1) is 6.92 Å². The fourth-order valence-electron chi connectivity index (χ4n) is 2.53. The minimum atomic E-state index is -0.970. The maximum absolute atomic E-state index is 11.0. The van der Waals surface area contributed by atoms with Crippen LogP contribution >= 0.6 is 0 Å². The first-order valence-corrected chi connectivity index (χ1v) is 7.10. The topological polar surface area (TPSA) is 79.1 Å². The van der Waals surface area contributed by atoms with Gasteiger partial charge in [-0.25, -0.2) is 0 Å². The SMILES string of the molecule is CC(C)=CCc1c(C)ccc2[nH]cc(C[C@H](N)C(=O)O)c12. The molecule has 0 saturated heterocycles. The fourth-order valence-corrected chi connectivity index (χ4v) is 2.53.